The highest BCUT2D eigenvalue weighted by molar-refractivity contribution is 7.89. The molecular weight excluding hydrogens is 244 g/mol. The third kappa shape index (κ3) is 4.00. The number of nitrogens with one attached hydrogen (secondary N) is 2. The van der Waals surface area contributed by atoms with Crippen molar-refractivity contribution in [1.29, 1.82) is 0 Å². The molecule has 94 valence electrons. The van der Waals surface area contributed by atoms with Crippen molar-refractivity contribution in [3.63, 3.8) is 0 Å². The van der Waals surface area contributed by atoms with Crippen LogP contribution in [0.3, 0.4) is 0 Å². The van der Waals surface area contributed by atoms with Crippen molar-refractivity contribution in [3.8, 4) is 0 Å². The van der Waals surface area contributed by atoms with E-state index in [2.05, 4.69) is 15.0 Å². The predicted molar refractivity (Wildman–Crippen MR) is 62.8 cm³/mol. The fraction of sp³-hybridized carbons (Fsp3) is 0.333. The summed E-state index contributed by atoms with van der Waals surface area (Å²) < 4.78 is 25.5. The van der Waals surface area contributed by atoms with Gasteiger partial charge >= 0.3 is 0 Å². The van der Waals surface area contributed by atoms with Crippen LogP contribution in [0.2, 0.25) is 0 Å². The number of sulfonamides is 1. The number of rotatable bonds is 6. The summed E-state index contributed by atoms with van der Waals surface area (Å²) in [7, 11) is -3.73. The quantitative estimate of drug-likeness (QED) is 0.623. The third-order valence-electron chi connectivity index (χ3n) is 1.84. The van der Waals surface area contributed by atoms with Crippen LogP contribution in [-0.2, 0) is 14.8 Å². The second-order valence-corrected chi connectivity index (χ2v) is 4.96. The van der Waals surface area contributed by atoms with Crippen LogP contribution in [0.4, 0.5) is 5.82 Å². The van der Waals surface area contributed by atoms with Gasteiger partial charge in [-0.05, 0) is 13.0 Å². The van der Waals surface area contributed by atoms with Crippen LogP contribution in [0.25, 0.3) is 0 Å². The lowest BCUT2D eigenvalue weighted by Gasteiger charge is -2.07. The molecule has 7 nitrogen and oxygen atoms in total. The number of pyridine rings is 1. The minimum absolute atomic E-state index is 0.0321. The number of nitrogens with zero attached hydrogens (tertiary/aromatic N) is 1. The lowest BCUT2D eigenvalue weighted by atomic mass is 10.4. The average Bonchev–Trinajstić information content (AvgIpc) is 2.27. The molecule has 0 aliphatic carbocycles. The summed E-state index contributed by atoms with van der Waals surface area (Å²) >= 11 is 0. The number of nitrogens with two attached hydrogens (primary N) is 1. The predicted octanol–water partition coefficient (Wildman–Crippen LogP) is -0.723. The summed E-state index contributed by atoms with van der Waals surface area (Å²) in [5, 5.41) is 2.89. The smallest absolute Gasteiger partial charge is 0.241 e. The molecule has 1 aromatic heterocycles. The molecule has 1 rings (SSSR count). The maximum absolute atomic E-state index is 11.7. The first-order valence-electron chi connectivity index (χ1n) is 4.93. The number of carbonyl (C=O) groups is 1. The Kier molecular flexibility index (Phi) is 4.41. The van der Waals surface area contributed by atoms with Gasteiger partial charge in [0, 0.05) is 18.8 Å². The first-order chi connectivity index (χ1) is 7.95. The Labute approximate surface area is 99.5 Å². The van der Waals surface area contributed by atoms with Crippen LogP contribution in [0.15, 0.2) is 23.2 Å². The van der Waals surface area contributed by atoms with Crippen molar-refractivity contribution in [3.05, 3.63) is 18.3 Å². The summed E-state index contributed by atoms with van der Waals surface area (Å²) in [5.74, 6) is -0.288. The molecule has 17 heavy (non-hydrogen) atoms. The number of anilines is 1. The second kappa shape index (κ2) is 5.60. The van der Waals surface area contributed by atoms with Gasteiger partial charge in [0.1, 0.15) is 5.82 Å². The standard InChI is InChI=1S/C9H14N4O3S/c1-2-11-9-5-7(3-4-12-9)17(15,16)13-6-8(10)14/h3-5,13H,2,6H2,1H3,(H2,10,14)(H,11,12). The highest BCUT2D eigenvalue weighted by atomic mass is 32.2. The van der Waals surface area contributed by atoms with Gasteiger partial charge in [0.2, 0.25) is 15.9 Å². The number of hydrogen-bond donors (Lipinski definition) is 3. The summed E-state index contributed by atoms with van der Waals surface area (Å²) in [6.07, 6.45) is 1.37. The van der Waals surface area contributed by atoms with Gasteiger partial charge in [-0.15, -0.1) is 0 Å². The molecule has 4 N–H and O–H groups in total. The van der Waals surface area contributed by atoms with Crippen molar-refractivity contribution in [2.45, 2.75) is 11.8 Å². The van der Waals surface area contributed by atoms with Crippen LogP contribution in [-0.4, -0.2) is 32.4 Å². The van der Waals surface area contributed by atoms with Crippen molar-refractivity contribution in [2.24, 2.45) is 5.73 Å². The van der Waals surface area contributed by atoms with E-state index in [0.717, 1.165) is 0 Å². The molecule has 1 aromatic rings. The van der Waals surface area contributed by atoms with E-state index >= 15 is 0 Å². The lowest BCUT2D eigenvalue weighted by Crippen LogP contribution is -2.33. The lowest BCUT2D eigenvalue weighted by molar-refractivity contribution is -0.116. The van der Waals surface area contributed by atoms with E-state index in [1.54, 1.807) is 0 Å². The van der Waals surface area contributed by atoms with Gasteiger partial charge in [0.15, 0.2) is 0 Å². The zero-order valence-corrected chi connectivity index (χ0v) is 10.1. The summed E-state index contributed by atoms with van der Waals surface area (Å²) in [6, 6.07) is 2.72. The van der Waals surface area contributed by atoms with E-state index in [9.17, 15) is 13.2 Å². The van der Waals surface area contributed by atoms with E-state index < -0.39 is 22.5 Å². The van der Waals surface area contributed by atoms with Gasteiger partial charge in [-0.2, -0.15) is 0 Å². The molecule has 0 atom stereocenters. The molecule has 0 aliphatic heterocycles. The van der Waals surface area contributed by atoms with Crippen molar-refractivity contribution in [2.75, 3.05) is 18.4 Å². The minimum atomic E-state index is -3.73. The topological polar surface area (TPSA) is 114 Å². The number of hydrogen-bond acceptors (Lipinski definition) is 5. The fourth-order valence-electron chi connectivity index (χ4n) is 1.11. The highest BCUT2D eigenvalue weighted by Gasteiger charge is 2.15. The summed E-state index contributed by atoms with van der Waals surface area (Å²) in [5.41, 5.74) is 4.86. The van der Waals surface area contributed by atoms with E-state index in [-0.39, 0.29) is 4.90 Å². The Morgan fingerprint density at radius 1 is 1.53 bits per heavy atom. The van der Waals surface area contributed by atoms with Gasteiger partial charge in [-0.3, -0.25) is 4.79 Å². The fourth-order valence-corrected chi connectivity index (χ4v) is 2.11. The molecule has 8 heteroatoms. The minimum Gasteiger partial charge on any atom is -0.370 e. The Morgan fingerprint density at radius 3 is 2.82 bits per heavy atom. The molecule has 0 saturated carbocycles. The number of carbonyl (C=O) groups excluding carboxylic acids is 1. The number of aromatic nitrogens is 1. The van der Waals surface area contributed by atoms with Crippen LogP contribution < -0.4 is 15.8 Å². The summed E-state index contributed by atoms with van der Waals surface area (Å²) in [4.78, 5) is 14.5. The average molecular weight is 258 g/mol. The van der Waals surface area contributed by atoms with Gasteiger partial charge in [-0.1, -0.05) is 0 Å². The largest absolute Gasteiger partial charge is 0.370 e. The first kappa shape index (κ1) is 13.4. The van der Waals surface area contributed by atoms with Crippen LogP contribution >= 0.6 is 0 Å². The van der Waals surface area contributed by atoms with Crippen LogP contribution in [0, 0.1) is 0 Å². The van der Waals surface area contributed by atoms with E-state index in [1.165, 1.54) is 18.3 Å². The van der Waals surface area contributed by atoms with Gasteiger partial charge in [0.25, 0.3) is 0 Å². The first-order valence-corrected chi connectivity index (χ1v) is 6.42. The van der Waals surface area contributed by atoms with Gasteiger partial charge in [-0.25, -0.2) is 18.1 Å². The normalized spacial score (nSPS) is 11.1. The Bertz CT molecular complexity index is 501. The van der Waals surface area contributed by atoms with Crippen molar-refractivity contribution in [1.82, 2.24) is 9.71 Å². The van der Waals surface area contributed by atoms with E-state index in [0.29, 0.717) is 12.4 Å². The number of amides is 1. The second-order valence-electron chi connectivity index (χ2n) is 3.20. The molecule has 0 radical (unpaired) electrons. The van der Waals surface area contributed by atoms with Crippen LogP contribution in [0.5, 0.6) is 0 Å². The van der Waals surface area contributed by atoms with E-state index in [4.69, 9.17) is 5.73 Å². The molecule has 0 fully saturated rings. The zero-order chi connectivity index (χ0) is 12.9. The molecule has 0 saturated heterocycles. The highest BCUT2D eigenvalue weighted by Crippen LogP contribution is 2.11. The molecule has 0 aromatic carbocycles. The van der Waals surface area contributed by atoms with E-state index in [1.807, 2.05) is 6.92 Å². The molecule has 0 spiro atoms. The number of primary amides is 1. The SMILES string of the molecule is CCNc1cc(S(=O)(=O)NCC(N)=O)ccn1. The van der Waals surface area contributed by atoms with Gasteiger partial charge in [0.05, 0.1) is 11.4 Å². The maximum Gasteiger partial charge on any atom is 0.241 e. The zero-order valence-electron chi connectivity index (χ0n) is 9.30. The van der Waals surface area contributed by atoms with Crippen molar-refractivity contribution >= 4 is 21.7 Å². The Balaban J connectivity index is 2.90. The molecule has 0 unspecified atom stereocenters. The van der Waals surface area contributed by atoms with Crippen molar-refractivity contribution < 1.29 is 13.2 Å². The van der Waals surface area contributed by atoms with Gasteiger partial charge < -0.3 is 11.1 Å². The van der Waals surface area contributed by atoms with Crippen LogP contribution in [0.1, 0.15) is 6.92 Å². The molecule has 1 amide bonds. The Morgan fingerprint density at radius 2 is 2.24 bits per heavy atom. The molecule has 0 aliphatic rings. The molecule has 1 heterocycles. The molecule has 0 bridgehead atoms. The maximum atomic E-state index is 11.7. The monoisotopic (exact) mass is 258 g/mol. The summed E-state index contributed by atoms with van der Waals surface area (Å²) in [6.45, 7) is 2.07. The molecular formula is C9H14N4O3S. The Hall–Kier alpha value is -1.67. The third-order valence-corrected chi connectivity index (χ3v) is 3.23.